The van der Waals surface area contributed by atoms with Gasteiger partial charge in [-0.1, -0.05) is 0 Å². The van der Waals surface area contributed by atoms with Crippen LogP contribution in [0.1, 0.15) is 40.8 Å². The number of nitrogens with two attached hydrogens (primary N) is 1. The maximum atomic E-state index is 10.9. The summed E-state index contributed by atoms with van der Waals surface area (Å²) in [6.07, 6.45) is 1.67. The molecule has 1 saturated heterocycles. The highest BCUT2D eigenvalue weighted by atomic mass is 16.5. The molecular weight excluding hydrogens is 210 g/mol. The smallest absolute Gasteiger partial charge is 0.341 e. The molecule has 6 nitrogen and oxygen atoms in total. The van der Waals surface area contributed by atoms with E-state index >= 15 is 0 Å². The fourth-order valence-corrected chi connectivity index (χ4v) is 1.81. The summed E-state index contributed by atoms with van der Waals surface area (Å²) in [5.74, 6) is -0.614. The van der Waals surface area contributed by atoms with Gasteiger partial charge in [0.1, 0.15) is 17.5 Å². The number of rotatable bonds is 2. The molecule has 2 heterocycles. The third-order valence-electron chi connectivity index (χ3n) is 2.57. The van der Waals surface area contributed by atoms with Gasteiger partial charge in [-0.15, -0.1) is 0 Å². The van der Waals surface area contributed by atoms with E-state index in [2.05, 4.69) is 9.97 Å². The van der Waals surface area contributed by atoms with E-state index in [1.807, 2.05) is 0 Å². The number of carbonyl (C=O) groups is 1. The fraction of sp³-hybridized carbons (Fsp3) is 0.500. The van der Waals surface area contributed by atoms with Gasteiger partial charge in [-0.2, -0.15) is 0 Å². The van der Waals surface area contributed by atoms with Gasteiger partial charge in [0.15, 0.2) is 5.82 Å². The number of nitrogens with zero attached hydrogens (tertiary/aromatic N) is 2. The molecule has 1 aromatic rings. The molecule has 1 aliphatic rings. The van der Waals surface area contributed by atoms with Gasteiger partial charge in [-0.3, -0.25) is 0 Å². The number of anilines is 1. The quantitative estimate of drug-likeness (QED) is 0.773. The molecule has 1 aliphatic heterocycles. The lowest BCUT2D eigenvalue weighted by molar-refractivity contribution is 0.0695. The number of hydrogen-bond acceptors (Lipinski definition) is 5. The highest BCUT2D eigenvalue weighted by Gasteiger charge is 2.23. The molecule has 0 bridgehead atoms. The number of ether oxygens (including phenoxy) is 1. The lowest BCUT2D eigenvalue weighted by Crippen LogP contribution is -2.13. The lowest BCUT2D eigenvalue weighted by Gasteiger charge is -2.11. The first-order valence-corrected chi connectivity index (χ1v) is 5.08. The zero-order chi connectivity index (χ0) is 11.7. The van der Waals surface area contributed by atoms with Crippen molar-refractivity contribution in [1.82, 2.24) is 9.97 Å². The molecule has 16 heavy (non-hydrogen) atoms. The van der Waals surface area contributed by atoms with Crippen molar-refractivity contribution in [3.63, 3.8) is 0 Å². The Morgan fingerprint density at radius 1 is 1.56 bits per heavy atom. The Morgan fingerprint density at radius 2 is 2.31 bits per heavy atom. The Balaban J connectivity index is 2.40. The van der Waals surface area contributed by atoms with Gasteiger partial charge in [0, 0.05) is 6.61 Å². The molecule has 0 amide bonds. The second-order valence-electron chi connectivity index (χ2n) is 3.73. The molecule has 1 atom stereocenters. The van der Waals surface area contributed by atoms with Gasteiger partial charge in [0.05, 0.1) is 5.69 Å². The maximum Gasteiger partial charge on any atom is 0.341 e. The highest BCUT2D eigenvalue weighted by molar-refractivity contribution is 5.93. The maximum absolute atomic E-state index is 10.9. The molecule has 0 aromatic carbocycles. The van der Waals surface area contributed by atoms with E-state index in [4.69, 9.17) is 15.6 Å². The van der Waals surface area contributed by atoms with Crippen LogP contribution in [0.3, 0.4) is 0 Å². The van der Waals surface area contributed by atoms with Crippen LogP contribution in [0.4, 0.5) is 5.82 Å². The lowest BCUT2D eigenvalue weighted by atomic mass is 10.2. The summed E-state index contributed by atoms with van der Waals surface area (Å²) in [7, 11) is 0. The van der Waals surface area contributed by atoms with E-state index in [-0.39, 0.29) is 17.5 Å². The summed E-state index contributed by atoms with van der Waals surface area (Å²) >= 11 is 0. The van der Waals surface area contributed by atoms with Crippen LogP contribution in [0.2, 0.25) is 0 Å². The molecular formula is C10H13N3O3. The number of carboxylic acids is 1. The Bertz CT molecular complexity index is 404. The van der Waals surface area contributed by atoms with E-state index in [0.717, 1.165) is 12.8 Å². The van der Waals surface area contributed by atoms with Crippen LogP contribution >= 0.6 is 0 Å². The van der Waals surface area contributed by atoms with Crippen LogP contribution in [-0.2, 0) is 4.74 Å². The summed E-state index contributed by atoms with van der Waals surface area (Å²) in [6, 6.07) is 0. The molecule has 0 aliphatic carbocycles. The third-order valence-corrected chi connectivity index (χ3v) is 2.57. The number of aryl methyl sites for hydroxylation is 1. The van der Waals surface area contributed by atoms with Crippen molar-refractivity contribution in [2.24, 2.45) is 0 Å². The fourth-order valence-electron chi connectivity index (χ4n) is 1.81. The summed E-state index contributed by atoms with van der Waals surface area (Å²) in [6.45, 7) is 2.30. The van der Waals surface area contributed by atoms with Crippen LogP contribution < -0.4 is 5.73 Å². The van der Waals surface area contributed by atoms with Crippen molar-refractivity contribution in [3.05, 3.63) is 17.1 Å². The topological polar surface area (TPSA) is 98.3 Å². The molecule has 1 aromatic heterocycles. The van der Waals surface area contributed by atoms with Gasteiger partial charge < -0.3 is 15.6 Å². The second-order valence-corrected chi connectivity index (χ2v) is 3.73. The molecule has 2 rings (SSSR count). The third kappa shape index (κ3) is 1.83. The van der Waals surface area contributed by atoms with E-state index in [0.29, 0.717) is 18.1 Å². The first-order valence-electron chi connectivity index (χ1n) is 5.08. The second kappa shape index (κ2) is 4.05. The zero-order valence-corrected chi connectivity index (χ0v) is 8.93. The SMILES string of the molecule is Cc1nc(C2CCCO2)nc(N)c1C(=O)O. The number of carboxylic acid groups (broad SMARTS) is 1. The number of aromatic carboxylic acids is 1. The van der Waals surface area contributed by atoms with E-state index in [1.165, 1.54) is 0 Å². The van der Waals surface area contributed by atoms with Gasteiger partial charge >= 0.3 is 5.97 Å². The highest BCUT2D eigenvalue weighted by Crippen LogP contribution is 2.27. The van der Waals surface area contributed by atoms with Gasteiger partial charge in [-0.05, 0) is 19.8 Å². The molecule has 86 valence electrons. The molecule has 0 spiro atoms. The summed E-state index contributed by atoms with van der Waals surface area (Å²) < 4.78 is 5.42. The van der Waals surface area contributed by atoms with Gasteiger partial charge in [0.2, 0.25) is 0 Å². The Kier molecular flexibility index (Phi) is 2.74. The minimum absolute atomic E-state index is 0.00509. The average molecular weight is 223 g/mol. The first-order chi connectivity index (χ1) is 7.59. The van der Waals surface area contributed by atoms with Crippen LogP contribution in [0.25, 0.3) is 0 Å². The van der Waals surface area contributed by atoms with Gasteiger partial charge in [0.25, 0.3) is 0 Å². The van der Waals surface area contributed by atoms with E-state index < -0.39 is 5.97 Å². The summed E-state index contributed by atoms with van der Waals surface area (Å²) in [5.41, 5.74) is 5.96. The number of nitrogen functional groups attached to an aromatic ring is 1. The van der Waals surface area contributed by atoms with Crippen molar-refractivity contribution in [3.8, 4) is 0 Å². The van der Waals surface area contributed by atoms with Crippen LogP contribution in [-0.4, -0.2) is 27.7 Å². The largest absolute Gasteiger partial charge is 0.477 e. The van der Waals surface area contributed by atoms with E-state index in [9.17, 15) is 4.79 Å². The van der Waals surface area contributed by atoms with E-state index in [1.54, 1.807) is 6.92 Å². The minimum Gasteiger partial charge on any atom is -0.477 e. The molecule has 1 unspecified atom stereocenters. The monoisotopic (exact) mass is 223 g/mol. The average Bonchev–Trinajstić information content (AvgIpc) is 2.67. The van der Waals surface area contributed by atoms with Crippen molar-refractivity contribution >= 4 is 11.8 Å². The molecule has 0 radical (unpaired) electrons. The standard InChI is InChI=1S/C10H13N3O3/c1-5-7(10(14)15)8(11)13-9(12-5)6-3-2-4-16-6/h6H,2-4H2,1H3,(H,14,15)(H2,11,12,13). The summed E-state index contributed by atoms with van der Waals surface area (Å²) in [5, 5.41) is 8.91. The molecule has 1 fully saturated rings. The molecule has 3 N–H and O–H groups in total. The number of hydrogen-bond donors (Lipinski definition) is 2. The predicted molar refractivity (Wildman–Crippen MR) is 56.1 cm³/mol. The Labute approximate surface area is 92.5 Å². The Hall–Kier alpha value is -1.69. The molecule has 0 saturated carbocycles. The van der Waals surface area contributed by atoms with Crippen molar-refractivity contribution in [2.45, 2.75) is 25.9 Å². The van der Waals surface area contributed by atoms with Crippen LogP contribution in [0.15, 0.2) is 0 Å². The first kappa shape index (κ1) is 10.8. The van der Waals surface area contributed by atoms with Crippen molar-refractivity contribution < 1.29 is 14.6 Å². The zero-order valence-electron chi connectivity index (χ0n) is 8.93. The Morgan fingerprint density at radius 3 is 2.81 bits per heavy atom. The minimum atomic E-state index is -1.10. The van der Waals surface area contributed by atoms with Crippen molar-refractivity contribution in [1.29, 1.82) is 0 Å². The summed E-state index contributed by atoms with van der Waals surface area (Å²) in [4.78, 5) is 19.0. The van der Waals surface area contributed by atoms with Gasteiger partial charge in [-0.25, -0.2) is 14.8 Å². The normalized spacial score (nSPS) is 19.9. The predicted octanol–water partition coefficient (Wildman–Crippen LogP) is 0.917. The molecule has 6 heteroatoms. The van der Waals surface area contributed by atoms with Crippen molar-refractivity contribution in [2.75, 3.05) is 12.3 Å². The van der Waals surface area contributed by atoms with Crippen LogP contribution in [0.5, 0.6) is 0 Å². The number of aromatic nitrogens is 2. The van der Waals surface area contributed by atoms with Crippen LogP contribution in [0, 0.1) is 6.92 Å².